The Morgan fingerprint density at radius 2 is 2.03 bits per heavy atom. The van der Waals surface area contributed by atoms with Gasteiger partial charge in [0.25, 0.3) is 5.91 Å². The number of fused-ring (bicyclic) bond motifs is 4. The van der Waals surface area contributed by atoms with Gasteiger partial charge < -0.3 is 5.32 Å². The van der Waals surface area contributed by atoms with Gasteiger partial charge in [-0.25, -0.2) is 4.42 Å². The van der Waals surface area contributed by atoms with E-state index in [0.717, 1.165) is 43.0 Å². The van der Waals surface area contributed by atoms with Gasteiger partial charge in [-0.15, -0.1) is 0 Å². The van der Waals surface area contributed by atoms with Crippen LogP contribution in [0.5, 0.6) is 0 Å². The number of halogens is 1. The number of hydrogen-bond donors (Lipinski definition) is 1. The number of piperidine rings is 2. The summed E-state index contributed by atoms with van der Waals surface area (Å²) in [6.07, 6.45) is 4.69. The Morgan fingerprint density at radius 1 is 1.20 bits per heavy atom. The molecule has 0 bridgehead atoms. The van der Waals surface area contributed by atoms with Gasteiger partial charge in [0, 0.05) is 42.5 Å². The summed E-state index contributed by atoms with van der Waals surface area (Å²) in [6, 6.07) is 17.0. The highest BCUT2D eigenvalue weighted by Gasteiger charge is 2.40. The molecule has 0 aliphatic carbocycles. The van der Waals surface area contributed by atoms with E-state index in [0.29, 0.717) is 12.1 Å². The molecule has 2 aromatic rings. The highest BCUT2D eigenvalue weighted by atomic mass is 35.5. The van der Waals surface area contributed by atoms with Gasteiger partial charge in [-0.1, -0.05) is 42.5 Å². The van der Waals surface area contributed by atoms with Crippen molar-refractivity contribution in [2.75, 3.05) is 19.6 Å². The summed E-state index contributed by atoms with van der Waals surface area (Å²) in [5.41, 5.74) is 4.33. The fourth-order valence-corrected chi connectivity index (χ4v) is 5.91. The molecule has 5 rings (SSSR count). The van der Waals surface area contributed by atoms with E-state index in [1.807, 2.05) is 49.4 Å². The van der Waals surface area contributed by atoms with E-state index in [1.165, 1.54) is 34.9 Å². The number of nitrogens with zero attached hydrogens (tertiary/aromatic N) is 2. The van der Waals surface area contributed by atoms with Crippen molar-refractivity contribution in [1.82, 2.24) is 14.6 Å². The molecule has 2 aromatic carbocycles. The fourth-order valence-electron chi connectivity index (χ4n) is 5.71. The number of nitrogens with one attached hydrogen (secondary N) is 1. The van der Waals surface area contributed by atoms with E-state index >= 15 is 0 Å². The summed E-state index contributed by atoms with van der Waals surface area (Å²) in [6.45, 7) is 5.32. The van der Waals surface area contributed by atoms with Crippen molar-refractivity contribution in [1.29, 1.82) is 0 Å². The lowest BCUT2D eigenvalue weighted by molar-refractivity contribution is 0.0548. The molecule has 0 unspecified atom stereocenters. The molecule has 4 nitrogen and oxygen atoms in total. The molecule has 158 valence electrons. The van der Waals surface area contributed by atoms with Crippen LogP contribution in [0.1, 0.15) is 65.3 Å². The van der Waals surface area contributed by atoms with Crippen LogP contribution in [-0.4, -0.2) is 40.9 Å². The Balaban J connectivity index is 1.41. The molecular weight excluding hydrogens is 394 g/mol. The van der Waals surface area contributed by atoms with Crippen LogP contribution in [0.2, 0.25) is 0 Å². The summed E-state index contributed by atoms with van der Waals surface area (Å²) in [7, 11) is 0. The van der Waals surface area contributed by atoms with Crippen molar-refractivity contribution >= 4 is 17.7 Å². The SMILES string of the molecule is C[C@H](c1ccccc1)N(Cl)C(=O)c1cccc2c1CCN1C[C@H]3CCCN[C@H]3C[C@H]21. The molecule has 1 N–H and O–H groups in total. The van der Waals surface area contributed by atoms with E-state index in [9.17, 15) is 4.79 Å². The third kappa shape index (κ3) is 3.55. The minimum absolute atomic E-state index is 0.0946. The van der Waals surface area contributed by atoms with Gasteiger partial charge in [-0.05, 0) is 67.8 Å². The second kappa shape index (κ2) is 8.33. The number of hydrogen-bond acceptors (Lipinski definition) is 3. The Hall–Kier alpha value is -1.88. The maximum absolute atomic E-state index is 13.4. The normalized spacial score (nSPS) is 26.8. The highest BCUT2D eigenvalue weighted by Crippen LogP contribution is 2.41. The summed E-state index contributed by atoms with van der Waals surface area (Å²) >= 11 is 6.59. The van der Waals surface area contributed by atoms with Crippen molar-refractivity contribution < 1.29 is 4.79 Å². The molecule has 0 radical (unpaired) electrons. The molecule has 30 heavy (non-hydrogen) atoms. The summed E-state index contributed by atoms with van der Waals surface area (Å²) in [5, 5.41) is 3.75. The number of amides is 1. The third-order valence-corrected chi connectivity index (χ3v) is 7.83. The fraction of sp³-hybridized carbons (Fsp3) is 0.480. The standard InChI is InChI=1S/C25H30ClN3O/c1-17(18-7-3-2-4-8-18)29(26)25(30)22-11-5-10-21-20(22)12-14-28-16-19-9-6-13-27-23(19)15-24(21)28/h2-5,7-8,10-11,17,19,23-24,27H,6,9,12-16H2,1H3/t17-,19-,23+,24-/m1/s1. The first-order valence-corrected chi connectivity index (χ1v) is 11.6. The molecule has 5 heteroatoms. The molecule has 0 spiro atoms. The third-order valence-electron chi connectivity index (χ3n) is 7.38. The van der Waals surface area contributed by atoms with Crippen LogP contribution in [0, 0.1) is 5.92 Å². The van der Waals surface area contributed by atoms with E-state index in [2.05, 4.69) is 16.3 Å². The van der Waals surface area contributed by atoms with Gasteiger partial charge in [-0.3, -0.25) is 9.69 Å². The minimum Gasteiger partial charge on any atom is -0.314 e. The van der Waals surface area contributed by atoms with E-state index in [1.54, 1.807) is 0 Å². The monoisotopic (exact) mass is 423 g/mol. The second-order valence-electron chi connectivity index (χ2n) is 9.04. The Bertz CT molecular complexity index is 918. The molecule has 3 heterocycles. The average Bonchev–Trinajstić information content (AvgIpc) is 2.81. The summed E-state index contributed by atoms with van der Waals surface area (Å²) in [5.74, 6) is 0.675. The van der Waals surface area contributed by atoms with E-state index in [-0.39, 0.29) is 11.9 Å². The van der Waals surface area contributed by atoms with Crippen LogP contribution in [-0.2, 0) is 6.42 Å². The van der Waals surface area contributed by atoms with Gasteiger partial charge >= 0.3 is 0 Å². The lowest BCUT2D eigenvalue weighted by Gasteiger charge is -2.49. The lowest BCUT2D eigenvalue weighted by Crippen LogP contribution is -2.54. The van der Waals surface area contributed by atoms with Crippen molar-refractivity contribution in [3.63, 3.8) is 0 Å². The van der Waals surface area contributed by atoms with Gasteiger partial charge in [0.05, 0.1) is 6.04 Å². The van der Waals surface area contributed by atoms with Crippen LogP contribution in [0.4, 0.5) is 0 Å². The number of rotatable bonds is 3. The molecule has 1 amide bonds. The number of carbonyl (C=O) groups excluding carboxylic acids is 1. The van der Waals surface area contributed by atoms with E-state index < -0.39 is 0 Å². The molecule has 0 saturated carbocycles. The maximum Gasteiger partial charge on any atom is 0.269 e. The molecule has 4 atom stereocenters. The molecular formula is C25H30ClN3O. The molecule has 3 aliphatic rings. The topological polar surface area (TPSA) is 35.6 Å². The van der Waals surface area contributed by atoms with Crippen LogP contribution < -0.4 is 5.32 Å². The van der Waals surface area contributed by atoms with Crippen LogP contribution in [0.15, 0.2) is 48.5 Å². The lowest BCUT2D eigenvalue weighted by atomic mass is 9.77. The summed E-state index contributed by atoms with van der Waals surface area (Å²) in [4.78, 5) is 16.0. The summed E-state index contributed by atoms with van der Waals surface area (Å²) < 4.78 is 1.37. The first-order valence-electron chi connectivity index (χ1n) is 11.3. The molecule has 3 aliphatic heterocycles. The average molecular weight is 424 g/mol. The Morgan fingerprint density at radius 3 is 2.87 bits per heavy atom. The van der Waals surface area contributed by atoms with Crippen molar-refractivity contribution in [3.8, 4) is 0 Å². The predicted molar refractivity (Wildman–Crippen MR) is 120 cm³/mol. The second-order valence-corrected chi connectivity index (χ2v) is 9.40. The Kier molecular flexibility index (Phi) is 5.57. The smallest absolute Gasteiger partial charge is 0.269 e. The molecule has 0 aromatic heterocycles. The van der Waals surface area contributed by atoms with Gasteiger partial charge in [0.2, 0.25) is 0 Å². The zero-order valence-electron chi connectivity index (χ0n) is 17.6. The zero-order valence-corrected chi connectivity index (χ0v) is 18.3. The van der Waals surface area contributed by atoms with Gasteiger partial charge in [0.1, 0.15) is 0 Å². The number of benzene rings is 2. The van der Waals surface area contributed by atoms with Crippen LogP contribution in [0.25, 0.3) is 0 Å². The first kappa shape index (κ1) is 20.0. The van der Waals surface area contributed by atoms with Crippen LogP contribution in [0.3, 0.4) is 0 Å². The maximum atomic E-state index is 13.4. The van der Waals surface area contributed by atoms with Gasteiger partial charge in [0.15, 0.2) is 0 Å². The first-order chi connectivity index (χ1) is 14.6. The van der Waals surface area contributed by atoms with Crippen LogP contribution >= 0.6 is 11.8 Å². The highest BCUT2D eigenvalue weighted by molar-refractivity contribution is 6.24. The van der Waals surface area contributed by atoms with Crippen molar-refractivity contribution in [2.45, 2.75) is 50.7 Å². The van der Waals surface area contributed by atoms with E-state index in [4.69, 9.17) is 11.8 Å². The zero-order chi connectivity index (χ0) is 20.7. The molecule has 2 fully saturated rings. The van der Waals surface area contributed by atoms with Crippen molar-refractivity contribution in [3.05, 3.63) is 70.8 Å². The largest absolute Gasteiger partial charge is 0.314 e. The minimum atomic E-state index is -0.182. The van der Waals surface area contributed by atoms with Gasteiger partial charge in [-0.2, -0.15) is 0 Å². The quantitative estimate of drug-likeness (QED) is 0.726. The number of carbonyl (C=O) groups is 1. The molecule has 2 saturated heterocycles. The predicted octanol–water partition coefficient (Wildman–Crippen LogP) is 4.71. The van der Waals surface area contributed by atoms with Crippen molar-refractivity contribution in [2.24, 2.45) is 5.92 Å². The Labute approximate surface area is 184 Å².